The number of nitrogens with zero attached hydrogens (tertiary/aromatic N) is 2. The molecule has 3 rings (SSSR count). The molecule has 0 spiro atoms. The Morgan fingerprint density at radius 1 is 1.25 bits per heavy atom. The van der Waals surface area contributed by atoms with Crippen LogP contribution < -0.4 is 5.73 Å². The number of aromatic nitrogens is 2. The molecule has 1 saturated carbocycles. The van der Waals surface area contributed by atoms with Gasteiger partial charge in [0.05, 0.1) is 5.52 Å². The Labute approximate surface area is 116 Å². The summed E-state index contributed by atoms with van der Waals surface area (Å²) in [6, 6.07) is 2.71. The highest BCUT2D eigenvalue weighted by Crippen LogP contribution is 2.37. The van der Waals surface area contributed by atoms with Crippen molar-refractivity contribution in [3.05, 3.63) is 23.8 Å². The Bertz CT molecular complexity index is 628. The summed E-state index contributed by atoms with van der Waals surface area (Å²) in [6.07, 6.45) is 5.29. The van der Waals surface area contributed by atoms with Gasteiger partial charge >= 0.3 is 0 Å². The van der Waals surface area contributed by atoms with Gasteiger partial charge in [0.15, 0.2) is 11.6 Å². The Hall–Kier alpha value is -1.65. The molecule has 1 heterocycles. The number of imidazole rings is 1. The van der Waals surface area contributed by atoms with Crippen LogP contribution in [-0.4, -0.2) is 9.55 Å². The van der Waals surface area contributed by atoms with E-state index < -0.39 is 11.6 Å². The standard InChI is InChI=1S/C15H19F2N3/c1-2-9-3-5-10(6-4-9)20-14-12(19-15(20)18)8-7-11(16)13(14)17/h7-10H,2-6H2,1H3,(H2,18,19). The third-order valence-electron chi connectivity index (χ3n) is 4.53. The van der Waals surface area contributed by atoms with Crippen molar-refractivity contribution in [3.63, 3.8) is 0 Å². The normalized spacial score (nSPS) is 23.4. The first-order chi connectivity index (χ1) is 9.61. The Balaban J connectivity index is 2.03. The van der Waals surface area contributed by atoms with E-state index in [1.807, 2.05) is 0 Å². The predicted octanol–water partition coefficient (Wildman–Crippen LogP) is 4.04. The molecule has 0 bridgehead atoms. The van der Waals surface area contributed by atoms with Gasteiger partial charge in [0.2, 0.25) is 5.95 Å². The summed E-state index contributed by atoms with van der Waals surface area (Å²) in [4.78, 5) is 4.16. The van der Waals surface area contributed by atoms with Crippen molar-refractivity contribution in [1.82, 2.24) is 9.55 Å². The highest BCUT2D eigenvalue weighted by atomic mass is 19.2. The molecular formula is C15H19F2N3. The monoisotopic (exact) mass is 279 g/mol. The second-order valence-electron chi connectivity index (χ2n) is 5.65. The number of nitrogens with two attached hydrogens (primary N) is 1. The quantitative estimate of drug-likeness (QED) is 0.901. The van der Waals surface area contributed by atoms with Gasteiger partial charge in [0.1, 0.15) is 5.52 Å². The fraction of sp³-hybridized carbons (Fsp3) is 0.533. The molecule has 0 radical (unpaired) electrons. The number of fused-ring (bicyclic) bond motifs is 1. The van der Waals surface area contributed by atoms with Gasteiger partial charge in [-0.15, -0.1) is 0 Å². The number of rotatable bonds is 2. The largest absolute Gasteiger partial charge is 0.369 e. The van der Waals surface area contributed by atoms with Crippen molar-refractivity contribution in [2.75, 3.05) is 5.73 Å². The lowest BCUT2D eigenvalue weighted by Gasteiger charge is -2.29. The molecule has 0 amide bonds. The Morgan fingerprint density at radius 2 is 1.95 bits per heavy atom. The first-order valence-electron chi connectivity index (χ1n) is 7.23. The molecule has 0 aliphatic heterocycles. The summed E-state index contributed by atoms with van der Waals surface area (Å²) in [6.45, 7) is 2.20. The summed E-state index contributed by atoms with van der Waals surface area (Å²) >= 11 is 0. The molecule has 20 heavy (non-hydrogen) atoms. The number of halogens is 2. The molecule has 108 valence electrons. The first kappa shape index (κ1) is 13.3. The van der Waals surface area contributed by atoms with Crippen molar-refractivity contribution < 1.29 is 8.78 Å². The minimum Gasteiger partial charge on any atom is -0.369 e. The molecule has 5 heteroatoms. The first-order valence-corrected chi connectivity index (χ1v) is 7.23. The van der Waals surface area contributed by atoms with E-state index >= 15 is 0 Å². The minimum absolute atomic E-state index is 0.124. The van der Waals surface area contributed by atoms with Gasteiger partial charge in [0.25, 0.3) is 0 Å². The second-order valence-corrected chi connectivity index (χ2v) is 5.65. The lowest BCUT2D eigenvalue weighted by Crippen LogP contribution is -2.19. The van der Waals surface area contributed by atoms with Crippen LogP contribution in [0.2, 0.25) is 0 Å². The topological polar surface area (TPSA) is 43.8 Å². The van der Waals surface area contributed by atoms with Crippen LogP contribution in [0.3, 0.4) is 0 Å². The molecule has 1 aromatic heterocycles. The molecular weight excluding hydrogens is 260 g/mol. The average molecular weight is 279 g/mol. The molecule has 1 aromatic carbocycles. The van der Waals surface area contributed by atoms with E-state index in [0.29, 0.717) is 5.52 Å². The summed E-state index contributed by atoms with van der Waals surface area (Å²) in [5.74, 6) is -0.668. The zero-order valence-electron chi connectivity index (χ0n) is 11.6. The van der Waals surface area contributed by atoms with Crippen molar-refractivity contribution in [2.24, 2.45) is 5.92 Å². The fourth-order valence-corrected chi connectivity index (χ4v) is 3.32. The molecule has 0 unspecified atom stereocenters. The van der Waals surface area contributed by atoms with Gasteiger partial charge in [-0.2, -0.15) is 0 Å². The van der Waals surface area contributed by atoms with Crippen molar-refractivity contribution >= 4 is 17.0 Å². The number of benzene rings is 1. The summed E-state index contributed by atoms with van der Waals surface area (Å²) in [7, 11) is 0. The number of nitrogen functional groups attached to an aromatic ring is 1. The lowest BCUT2D eigenvalue weighted by atomic mass is 9.84. The zero-order valence-corrected chi connectivity index (χ0v) is 11.6. The van der Waals surface area contributed by atoms with E-state index in [0.717, 1.165) is 37.7 Å². The molecule has 2 aromatic rings. The third kappa shape index (κ3) is 2.05. The van der Waals surface area contributed by atoms with Gasteiger partial charge in [0, 0.05) is 6.04 Å². The van der Waals surface area contributed by atoms with Crippen LogP contribution in [0.15, 0.2) is 12.1 Å². The van der Waals surface area contributed by atoms with Gasteiger partial charge in [-0.25, -0.2) is 13.8 Å². The van der Waals surface area contributed by atoms with Crippen LogP contribution >= 0.6 is 0 Å². The molecule has 0 saturated heterocycles. The van der Waals surface area contributed by atoms with E-state index in [-0.39, 0.29) is 17.5 Å². The maximum absolute atomic E-state index is 14.1. The van der Waals surface area contributed by atoms with Crippen LogP contribution in [0.4, 0.5) is 14.7 Å². The van der Waals surface area contributed by atoms with Crippen molar-refractivity contribution in [3.8, 4) is 0 Å². The van der Waals surface area contributed by atoms with Gasteiger partial charge in [-0.1, -0.05) is 13.3 Å². The average Bonchev–Trinajstić information content (AvgIpc) is 2.80. The zero-order chi connectivity index (χ0) is 14.3. The summed E-state index contributed by atoms with van der Waals surface area (Å²) in [5, 5.41) is 0. The van der Waals surface area contributed by atoms with Crippen LogP contribution in [-0.2, 0) is 0 Å². The van der Waals surface area contributed by atoms with E-state index in [9.17, 15) is 8.78 Å². The molecule has 2 N–H and O–H groups in total. The molecule has 3 nitrogen and oxygen atoms in total. The molecule has 1 fully saturated rings. The fourth-order valence-electron chi connectivity index (χ4n) is 3.32. The maximum atomic E-state index is 14.1. The van der Waals surface area contributed by atoms with Crippen molar-refractivity contribution in [1.29, 1.82) is 0 Å². The number of hydrogen-bond donors (Lipinski definition) is 1. The van der Waals surface area contributed by atoms with E-state index in [2.05, 4.69) is 11.9 Å². The third-order valence-corrected chi connectivity index (χ3v) is 4.53. The second kappa shape index (κ2) is 5.04. The maximum Gasteiger partial charge on any atom is 0.201 e. The smallest absolute Gasteiger partial charge is 0.201 e. The van der Waals surface area contributed by atoms with Crippen LogP contribution in [0.1, 0.15) is 45.1 Å². The molecule has 0 atom stereocenters. The van der Waals surface area contributed by atoms with Gasteiger partial charge in [-0.05, 0) is 43.7 Å². The van der Waals surface area contributed by atoms with Crippen LogP contribution in [0, 0.1) is 17.6 Å². The minimum atomic E-state index is -0.846. The molecule has 1 aliphatic carbocycles. The molecule has 1 aliphatic rings. The van der Waals surface area contributed by atoms with Gasteiger partial charge < -0.3 is 10.3 Å². The van der Waals surface area contributed by atoms with Crippen LogP contribution in [0.5, 0.6) is 0 Å². The Kier molecular flexibility index (Phi) is 3.36. The predicted molar refractivity (Wildman–Crippen MR) is 75.3 cm³/mol. The summed E-state index contributed by atoms with van der Waals surface area (Å²) in [5.41, 5.74) is 6.57. The highest BCUT2D eigenvalue weighted by molar-refractivity contribution is 5.79. The number of hydrogen-bond acceptors (Lipinski definition) is 2. The SMILES string of the molecule is CCC1CCC(n2c(N)nc3ccc(F)c(F)c32)CC1. The van der Waals surface area contributed by atoms with Crippen LogP contribution in [0.25, 0.3) is 11.0 Å². The van der Waals surface area contributed by atoms with Crippen molar-refractivity contribution in [2.45, 2.75) is 45.1 Å². The van der Waals surface area contributed by atoms with E-state index in [4.69, 9.17) is 5.73 Å². The summed E-state index contributed by atoms with van der Waals surface area (Å²) < 4.78 is 29.2. The lowest BCUT2D eigenvalue weighted by molar-refractivity contribution is 0.274. The van der Waals surface area contributed by atoms with E-state index in [1.54, 1.807) is 4.57 Å². The van der Waals surface area contributed by atoms with Gasteiger partial charge in [-0.3, -0.25) is 0 Å². The highest BCUT2D eigenvalue weighted by Gasteiger charge is 2.26. The Morgan fingerprint density at radius 3 is 2.60 bits per heavy atom. The van der Waals surface area contributed by atoms with E-state index in [1.165, 1.54) is 12.5 Å². The number of anilines is 1.